The standard InChI is InChI=1S/C35H36N4O6/c1-5-35(44-32(41)27(36)16-21-10-7-6-8-11-21)26-18-29-30-23(19-39(29)31(40)25(26)20-43-33(35)42)17-24-22(12-9-13-28(24)38-30)14-15-37-45-34(2,3)4/h6-13,15,17-18,27H,5,14,16,19-20,36H2,1-4H3/t27-,35-/m0/s1. The summed E-state index contributed by atoms with van der Waals surface area (Å²) in [5.41, 5.74) is 9.02. The number of benzene rings is 2. The summed E-state index contributed by atoms with van der Waals surface area (Å²) in [4.78, 5) is 51.0. The number of esters is 2. The van der Waals surface area contributed by atoms with E-state index in [1.54, 1.807) is 23.8 Å². The van der Waals surface area contributed by atoms with Crippen molar-refractivity contribution in [2.75, 3.05) is 0 Å². The molecule has 4 heterocycles. The summed E-state index contributed by atoms with van der Waals surface area (Å²) in [5, 5.41) is 5.06. The number of oxime groups is 1. The molecule has 2 N–H and O–H groups in total. The van der Waals surface area contributed by atoms with Crippen molar-refractivity contribution in [3.05, 3.63) is 98.8 Å². The SMILES string of the molecule is CC[C@@]1(OC(=O)[C@@H](N)Cc2ccccc2)C(=O)OCc2c1cc1n(c2=O)Cc2cc3c(CC=NOC(C)(C)C)cccc3nc2-1. The van der Waals surface area contributed by atoms with Crippen LogP contribution >= 0.6 is 0 Å². The summed E-state index contributed by atoms with van der Waals surface area (Å²) in [6, 6.07) is 18.0. The predicted octanol–water partition coefficient (Wildman–Crippen LogP) is 4.54. The Kier molecular flexibility index (Phi) is 7.78. The lowest BCUT2D eigenvalue weighted by Gasteiger charge is -2.36. The monoisotopic (exact) mass is 608 g/mol. The largest absolute Gasteiger partial charge is 0.457 e. The number of fused-ring (bicyclic) bond motifs is 5. The maximum atomic E-state index is 13.9. The highest BCUT2D eigenvalue weighted by atomic mass is 16.6. The number of nitrogens with zero attached hydrogens (tertiary/aromatic N) is 3. The Labute approximate surface area is 260 Å². The lowest BCUT2D eigenvalue weighted by Crippen LogP contribution is -2.50. The van der Waals surface area contributed by atoms with E-state index >= 15 is 0 Å². The maximum Gasteiger partial charge on any atom is 0.355 e. The summed E-state index contributed by atoms with van der Waals surface area (Å²) < 4.78 is 13.0. The maximum absolute atomic E-state index is 13.9. The number of carbonyl (C=O) groups is 2. The molecular formula is C35H36N4O6. The quantitative estimate of drug-likeness (QED) is 0.154. The second-order valence-corrected chi connectivity index (χ2v) is 12.5. The molecule has 0 aliphatic carbocycles. The van der Waals surface area contributed by atoms with Crippen molar-refractivity contribution in [2.45, 2.75) is 77.4 Å². The third-order valence-corrected chi connectivity index (χ3v) is 8.20. The van der Waals surface area contributed by atoms with Crippen LogP contribution in [0.15, 0.2) is 70.6 Å². The van der Waals surface area contributed by atoms with Crippen LogP contribution in [0, 0.1) is 0 Å². The van der Waals surface area contributed by atoms with Crippen molar-refractivity contribution in [3.63, 3.8) is 0 Å². The fourth-order valence-electron chi connectivity index (χ4n) is 5.93. The summed E-state index contributed by atoms with van der Waals surface area (Å²) in [6.07, 6.45) is 2.57. The first-order valence-corrected chi connectivity index (χ1v) is 15.1. The lowest BCUT2D eigenvalue weighted by atomic mass is 9.85. The summed E-state index contributed by atoms with van der Waals surface area (Å²) in [7, 11) is 0. The van der Waals surface area contributed by atoms with Gasteiger partial charge in [-0.15, -0.1) is 0 Å². The molecule has 10 nitrogen and oxygen atoms in total. The molecule has 0 saturated carbocycles. The average Bonchev–Trinajstić information content (AvgIpc) is 3.37. The molecule has 45 heavy (non-hydrogen) atoms. The Hall–Kier alpha value is -4.83. The molecule has 0 fully saturated rings. The van der Waals surface area contributed by atoms with Crippen LogP contribution in [0.4, 0.5) is 0 Å². The van der Waals surface area contributed by atoms with Crippen molar-refractivity contribution in [1.82, 2.24) is 9.55 Å². The van der Waals surface area contributed by atoms with E-state index in [0.717, 1.165) is 27.6 Å². The Bertz CT molecular complexity index is 1890. The molecule has 0 radical (unpaired) electrons. The molecule has 232 valence electrons. The Morgan fingerprint density at radius 2 is 1.93 bits per heavy atom. The highest BCUT2D eigenvalue weighted by Crippen LogP contribution is 2.41. The molecule has 2 aliphatic heterocycles. The van der Waals surface area contributed by atoms with Crippen LogP contribution in [0.1, 0.15) is 61.9 Å². The van der Waals surface area contributed by atoms with Gasteiger partial charge in [0.2, 0.25) is 5.60 Å². The molecular weight excluding hydrogens is 572 g/mol. The van der Waals surface area contributed by atoms with Gasteiger partial charge >= 0.3 is 11.9 Å². The first-order chi connectivity index (χ1) is 21.5. The molecule has 0 amide bonds. The van der Waals surface area contributed by atoms with Gasteiger partial charge < -0.3 is 24.6 Å². The van der Waals surface area contributed by atoms with E-state index in [4.69, 9.17) is 25.0 Å². The fourth-order valence-corrected chi connectivity index (χ4v) is 5.93. The number of carbonyl (C=O) groups excluding carboxylic acids is 2. The molecule has 0 spiro atoms. The van der Waals surface area contributed by atoms with E-state index in [2.05, 4.69) is 5.16 Å². The highest BCUT2D eigenvalue weighted by molar-refractivity contribution is 5.90. The van der Waals surface area contributed by atoms with Crippen molar-refractivity contribution in [3.8, 4) is 11.4 Å². The van der Waals surface area contributed by atoms with Gasteiger partial charge in [-0.2, -0.15) is 0 Å². The van der Waals surface area contributed by atoms with Gasteiger partial charge in [0, 0.05) is 29.1 Å². The van der Waals surface area contributed by atoms with Crippen LogP contribution in [-0.4, -0.2) is 39.3 Å². The van der Waals surface area contributed by atoms with E-state index in [-0.39, 0.29) is 36.2 Å². The molecule has 6 rings (SSSR count). The van der Waals surface area contributed by atoms with Crippen molar-refractivity contribution < 1.29 is 23.9 Å². The summed E-state index contributed by atoms with van der Waals surface area (Å²) in [5.74, 6) is -1.48. The number of rotatable bonds is 8. The van der Waals surface area contributed by atoms with Crippen molar-refractivity contribution in [1.29, 1.82) is 0 Å². The van der Waals surface area contributed by atoms with E-state index in [9.17, 15) is 14.4 Å². The first-order valence-electron chi connectivity index (χ1n) is 15.1. The second kappa shape index (κ2) is 11.6. The number of nitrogens with two attached hydrogens (primary N) is 1. The van der Waals surface area contributed by atoms with Gasteiger partial charge in [-0.3, -0.25) is 9.59 Å². The third kappa shape index (κ3) is 5.62. The molecule has 0 bridgehead atoms. The zero-order valence-electron chi connectivity index (χ0n) is 25.8. The number of hydrogen-bond donors (Lipinski definition) is 1. The third-order valence-electron chi connectivity index (χ3n) is 8.20. The van der Waals surface area contributed by atoms with Gasteiger partial charge in [0.05, 0.1) is 29.0 Å². The number of aromatic nitrogens is 2. The van der Waals surface area contributed by atoms with Crippen LogP contribution in [0.2, 0.25) is 0 Å². The fraction of sp³-hybridized carbons (Fsp3) is 0.343. The normalized spacial score (nSPS) is 17.8. The minimum absolute atomic E-state index is 0.0629. The molecule has 2 aromatic heterocycles. The van der Waals surface area contributed by atoms with Crippen molar-refractivity contribution in [2.24, 2.45) is 10.9 Å². The topological polar surface area (TPSA) is 135 Å². The van der Waals surface area contributed by atoms with Gasteiger partial charge in [0.15, 0.2) is 0 Å². The Morgan fingerprint density at radius 1 is 1.16 bits per heavy atom. The minimum Gasteiger partial charge on any atom is -0.457 e. The van der Waals surface area contributed by atoms with Crippen LogP contribution < -0.4 is 11.3 Å². The Balaban J connectivity index is 1.37. The molecule has 0 unspecified atom stereocenters. The second-order valence-electron chi connectivity index (χ2n) is 12.5. The van der Waals surface area contributed by atoms with Gasteiger partial charge in [-0.25, -0.2) is 9.78 Å². The van der Waals surface area contributed by atoms with Crippen LogP contribution in [0.25, 0.3) is 22.3 Å². The molecule has 4 aromatic rings. The van der Waals surface area contributed by atoms with Crippen LogP contribution in [0.3, 0.4) is 0 Å². The minimum atomic E-state index is -1.81. The lowest BCUT2D eigenvalue weighted by molar-refractivity contribution is -0.190. The number of ether oxygens (including phenoxy) is 2. The van der Waals surface area contributed by atoms with Crippen LogP contribution in [0.5, 0.6) is 0 Å². The van der Waals surface area contributed by atoms with E-state index in [1.807, 2.05) is 75.4 Å². The van der Waals surface area contributed by atoms with E-state index in [1.165, 1.54) is 0 Å². The smallest absolute Gasteiger partial charge is 0.355 e. The van der Waals surface area contributed by atoms with Gasteiger partial charge in [0.1, 0.15) is 18.2 Å². The summed E-state index contributed by atoms with van der Waals surface area (Å²) >= 11 is 0. The molecule has 2 aromatic carbocycles. The first kappa shape index (κ1) is 30.2. The molecule has 2 atom stereocenters. The zero-order chi connectivity index (χ0) is 31.9. The number of cyclic esters (lactones) is 1. The molecule has 0 saturated heterocycles. The molecule has 10 heteroatoms. The zero-order valence-corrected chi connectivity index (χ0v) is 25.8. The summed E-state index contributed by atoms with van der Waals surface area (Å²) in [6.45, 7) is 7.62. The van der Waals surface area contributed by atoms with Gasteiger partial charge in [-0.1, -0.05) is 54.5 Å². The highest BCUT2D eigenvalue weighted by Gasteiger charge is 2.51. The van der Waals surface area contributed by atoms with Gasteiger partial charge in [-0.05, 0) is 62.9 Å². The molecule has 2 aliphatic rings. The Morgan fingerprint density at radius 3 is 2.67 bits per heavy atom. The van der Waals surface area contributed by atoms with Crippen molar-refractivity contribution >= 4 is 29.1 Å². The average molecular weight is 609 g/mol. The number of pyridine rings is 2. The van der Waals surface area contributed by atoms with E-state index in [0.29, 0.717) is 29.9 Å². The predicted molar refractivity (Wildman–Crippen MR) is 170 cm³/mol. The number of hydrogen-bond acceptors (Lipinski definition) is 9. The van der Waals surface area contributed by atoms with E-state index < -0.39 is 23.6 Å². The van der Waals surface area contributed by atoms with Gasteiger partial charge in [0.25, 0.3) is 5.56 Å². The van der Waals surface area contributed by atoms with Crippen LogP contribution in [-0.2, 0) is 55.5 Å².